The topological polar surface area (TPSA) is 24.4 Å². The fourth-order valence-corrected chi connectivity index (χ4v) is 1.45. The highest BCUT2D eigenvalue weighted by molar-refractivity contribution is 7.59. The standard InChI is InChI=1S/C3H2F5N2P/c4-2(5)1-9-10-11(2)3(6,7)8/h1,10H. The summed E-state index contributed by atoms with van der Waals surface area (Å²) in [6, 6.07) is 0. The minimum atomic E-state index is -4.91. The molecule has 64 valence electrons. The monoisotopic (exact) mass is 192 g/mol. The highest BCUT2D eigenvalue weighted by Gasteiger charge is 2.58. The first-order chi connectivity index (χ1) is 4.84. The van der Waals surface area contributed by atoms with E-state index in [1.54, 1.807) is 0 Å². The van der Waals surface area contributed by atoms with Crippen LogP contribution in [0.4, 0.5) is 22.0 Å². The Morgan fingerprint density at radius 2 is 1.91 bits per heavy atom. The molecule has 1 aliphatic heterocycles. The molecule has 2 nitrogen and oxygen atoms in total. The van der Waals surface area contributed by atoms with Crippen LogP contribution in [0.25, 0.3) is 0 Å². The van der Waals surface area contributed by atoms with Gasteiger partial charge in [0.2, 0.25) is 0 Å². The highest BCUT2D eigenvalue weighted by atomic mass is 31.1. The number of nitrogens with zero attached hydrogens (tertiary/aromatic N) is 1. The Bertz CT molecular complexity index is 187. The molecule has 0 radical (unpaired) electrons. The van der Waals surface area contributed by atoms with Crippen molar-refractivity contribution in [3.63, 3.8) is 0 Å². The van der Waals surface area contributed by atoms with Crippen molar-refractivity contribution in [3.8, 4) is 0 Å². The van der Waals surface area contributed by atoms with Crippen LogP contribution in [0.1, 0.15) is 0 Å². The van der Waals surface area contributed by atoms with Crippen molar-refractivity contribution in [1.82, 2.24) is 5.20 Å². The maximum Gasteiger partial charge on any atom is 0.431 e. The fourth-order valence-electron chi connectivity index (χ4n) is 0.514. The van der Waals surface area contributed by atoms with E-state index >= 15 is 0 Å². The Kier molecular flexibility index (Phi) is 1.78. The van der Waals surface area contributed by atoms with E-state index in [2.05, 4.69) is 5.10 Å². The Morgan fingerprint density at radius 3 is 2.09 bits per heavy atom. The molecule has 0 aromatic carbocycles. The van der Waals surface area contributed by atoms with Crippen LogP contribution < -0.4 is 5.20 Å². The number of alkyl halides is 5. The van der Waals surface area contributed by atoms with Gasteiger partial charge in [-0.15, -0.1) is 0 Å². The molecule has 8 heteroatoms. The van der Waals surface area contributed by atoms with Crippen molar-refractivity contribution in [2.45, 2.75) is 11.6 Å². The van der Waals surface area contributed by atoms with Crippen LogP contribution in [0.3, 0.4) is 0 Å². The van der Waals surface area contributed by atoms with Gasteiger partial charge in [0.25, 0.3) is 0 Å². The van der Waals surface area contributed by atoms with Crippen LogP contribution in [0.15, 0.2) is 5.10 Å². The van der Waals surface area contributed by atoms with E-state index in [1.165, 1.54) is 5.20 Å². The van der Waals surface area contributed by atoms with Gasteiger partial charge in [0.05, 0.1) is 6.21 Å². The van der Waals surface area contributed by atoms with Crippen molar-refractivity contribution >= 4 is 14.3 Å². The van der Waals surface area contributed by atoms with Gasteiger partial charge in [0, 0.05) is 0 Å². The summed E-state index contributed by atoms with van der Waals surface area (Å²) < 4.78 is 59.4. The lowest BCUT2D eigenvalue weighted by Crippen LogP contribution is -2.23. The molecule has 1 heterocycles. The Morgan fingerprint density at radius 1 is 1.36 bits per heavy atom. The normalized spacial score (nSPS) is 28.6. The first-order valence-electron chi connectivity index (χ1n) is 2.39. The van der Waals surface area contributed by atoms with Gasteiger partial charge < -0.3 is 0 Å². The molecule has 0 saturated carbocycles. The number of hydrazone groups is 1. The third-order valence-electron chi connectivity index (χ3n) is 0.929. The van der Waals surface area contributed by atoms with Crippen LogP contribution >= 0.6 is 8.07 Å². The highest BCUT2D eigenvalue weighted by Crippen LogP contribution is 2.61. The third-order valence-corrected chi connectivity index (χ3v) is 2.46. The van der Waals surface area contributed by atoms with Crippen LogP contribution in [0, 0.1) is 0 Å². The van der Waals surface area contributed by atoms with E-state index in [0.717, 1.165) is 0 Å². The molecule has 1 N–H and O–H groups in total. The number of nitrogens with one attached hydrogen (secondary N) is 1. The van der Waals surface area contributed by atoms with Gasteiger partial charge in [-0.1, -0.05) is 0 Å². The van der Waals surface area contributed by atoms with E-state index in [-0.39, 0.29) is 6.21 Å². The zero-order valence-corrected chi connectivity index (χ0v) is 5.76. The summed E-state index contributed by atoms with van der Waals surface area (Å²) in [6.07, 6.45) is -0.0216. The van der Waals surface area contributed by atoms with Gasteiger partial charge in [0.15, 0.2) is 8.07 Å². The maximum atomic E-state index is 12.2. The Balaban J connectivity index is 2.78. The summed E-state index contributed by atoms with van der Waals surface area (Å²) >= 11 is 0. The predicted octanol–water partition coefficient (Wildman–Crippen LogP) is 2.08. The number of hydrogen-bond acceptors (Lipinski definition) is 2. The lowest BCUT2D eigenvalue weighted by atomic mass is 10.8. The van der Waals surface area contributed by atoms with Gasteiger partial charge >= 0.3 is 11.6 Å². The van der Waals surface area contributed by atoms with Gasteiger partial charge in [-0.2, -0.15) is 27.1 Å². The van der Waals surface area contributed by atoms with Crippen molar-refractivity contribution < 1.29 is 22.0 Å². The molecule has 1 atom stereocenters. The molecule has 0 saturated heterocycles. The average Bonchev–Trinajstić information content (AvgIpc) is 2.06. The summed E-state index contributed by atoms with van der Waals surface area (Å²) in [4.78, 5) is 0. The first kappa shape index (κ1) is 8.64. The molecule has 0 aromatic heterocycles. The maximum absolute atomic E-state index is 12.2. The molecule has 0 aromatic rings. The third kappa shape index (κ3) is 1.58. The SMILES string of the molecule is FC(F)(F)P1NN=CC1(F)F. The smallest absolute Gasteiger partial charge is 0.275 e. The van der Waals surface area contributed by atoms with Crippen molar-refractivity contribution in [2.24, 2.45) is 5.10 Å². The molecule has 0 bridgehead atoms. The Labute approximate surface area is 59.3 Å². The van der Waals surface area contributed by atoms with Gasteiger partial charge in [-0.25, -0.2) is 0 Å². The van der Waals surface area contributed by atoms with Gasteiger partial charge in [-0.3, -0.25) is 5.20 Å². The molecular weight excluding hydrogens is 190 g/mol. The van der Waals surface area contributed by atoms with Crippen LogP contribution in [-0.2, 0) is 0 Å². The molecule has 11 heavy (non-hydrogen) atoms. The van der Waals surface area contributed by atoms with Crippen molar-refractivity contribution in [2.75, 3.05) is 0 Å². The van der Waals surface area contributed by atoms with Crippen molar-refractivity contribution in [3.05, 3.63) is 0 Å². The molecule has 1 aliphatic rings. The summed E-state index contributed by atoms with van der Waals surface area (Å²) in [5, 5.41) is 4.01. The van der Waals surface area contributed by atoms with Crippen LogP contribution in [-0.4, -0.2) is 17.8 Å². The van der Waals surface area contributed by atoms with Gasteiger partial charge in [-0.05, 0) is 0 Å². The van der Waals surface area contributed by atoms with Gasteiger partial charge in [0.1, 0.15) is 0 Å². The molecule has 0 amide bonds. The molecule has 0 fully saturated rings. The van der Waals surface area contributed by atoms with E-state index in [0.29, 0.717) is 0 Å². The number of hydrogen-bond donors (Lipinski definition) is 1. The quantitative estimate of drug-likeness (QED) is 0.461. The number of halogens is 5. The molecule has 0 aliphatic carbocycles. The van der Waals surface area contributed by atoms with E-state index < -0.39 is 19.7 Å². The zero-order chi connectivity index (χ0) is 8.70. The molecule has 1 unspecified atom stereocenters. The second kappa shape index (κ2) is 2.27. The largest absolute Gasteiger partial charge is 0.431 e. The lowest BCUT2D eigenvalue weighted by molar-refractivity contribution is -0.0476. The summed E-state index contributed by atoms with van der Waals surface area (Å²) in [5.74, 6) is -4.91. The second-order valence-corrected chi connectivity index (χ2v) is 3.72. The lowest BCUT2D eigenvalue weighted by Gasteiger charge is -2.18. The van der Waals surface area contributed by atoms with Crippen LogP contribution in [0.2, 0.25) is 0 Å². The first-order valence-corrected chi connectivity index (χ1v) is 3.73. The minimum Gasteiger partial charge on any atom is -0.275 e. The molecule has 1 rings (SSSR count). The zero-order valence-electron chi connectivity index (χ0n) is 4.86. The Hall–Kier alpha value is -0.450. The summed E-state index contributed by atoms with van der Waals surface area (Å²) in [5.41, 5.74) is -3.87. The van der Waals surface area contributed by atoms with E-state index in [4.69, 9.17) is 0 Å². The fraction of sp³-hybridized carbons (Fsp3) is 0.667. The number of rotatable bonds is 0. The van der Waals surface area contributed by atoms with E-state index in [1.807, 2.05) is 0 Å². The molecule has 0 spiro atoms. The summed E-state index contributed by atoms with van der Waals surface area (Å²) in [6.45, 7) is 0. The minimum absolute atomic E-state index is 0.0216. The van der Waals surface area contributed by atoms with Crippen molar-refractivity contribution in [1.29, 1.82) is 0 Å². The average molecular weight is 192 g/mol. The second-order valence-electron chi connectivity index (χ2n) is 1.75. The van der Waals surface area contributed by atoms with Crippen LogP contribution in [0.5, 0.6) is 0 Å². The predicted molar refractivity (Wildman–Crippen MR) is 29.5 cm³/mol. The van der Waals surface area contributed by atoms with E-state index in [9.17, 15) is 22.0 Å². The molecular formula is C3H2F5N2P. The summed E-state index contributed by atoms with van der Waals surface area (Å²) in [7, 11) is -3.53.